The highest BCUT2D eigenvalue weighted by molar-refractivity contribution is 5.89. The molecular weight excluding hydrogens is 204 g/mol. The number of hydrogen-bond donors (Lipinski definition) is 2. The zero-order valence-electron chi connectivity index (χ0n) is 9.73. The van der Waals surface area contributed by atoms with E-state index in [1.165, 1.54) is 12.1 Å². The lowest BCUT2D eigenvalue weighted by Crippen LogP contribution is -2.02. The molecule has 16 heavy (non-hydrogen) atoms. The number of aryl methyl sites for hydroxylation is 1. The minimum atomic E-state index is -0.931. The predicted octanol–water partition coefficient (Wildman–Crippen LogP) is 3.07. The van der Waals surface area contributed by atoms with Gasteiger partial charge in [0.05, 0.1) is 5.56 Å². The first kappa shape index (κ1) is 12.6. The van der Waals surface area contributed by atoms with E-state index in [1.807, 2.05) is 0 Å². The molecule has 0 amide bonds. The third-order valence-corrected chi connectivity index (χ3v) is 2.55. The molecule has 0 radical (unpaired) electrons. The minimum Gasteiger partial charge on any atom is -0.508 e. The van der Waals surface area contributed by atoms with Gasteiger partial charge in [0, 0.05) is 0 Å². The molecule has 0 unspecified atom stereocenters. The maximum absolute atomic E-state index is 10.9. The molecule has 0 aliphatic carbocycles. The van der Waals surface area contributed by atoms with Gasteiger partial charge in [-0.3, -0.25) is 0 Å². The van der Waals surface area contributed by atoms with Crippen LogP contribution in [0.15, 0.2) is 18.2 Å². The van der Waals surface area contributed by atoms with Crippen LogP contribution >= 0.6 is 0 Å². The van der Waals surface area contributed by atoms with Gasteiger partial charge in [0.15, 0.2) is 0 Å². The van der Waals surface area contributed by atoms with Crippen LogP contribution < -0.4 is 0 Å². The Labute approximate surface area is 95.7 Å². The zero-order chi connectivity index (χ0) is 12.1. The van der Waals surface area contributed by atoms with Crippen LogP contribution in [0, 0.1) is 5.92 Å². The Bertz CT molecular complexity index is 369. The fourth-order valence-electron chi connectivity index (χ4n) is 1.70. The van der Waals surface area contributed by atoms with Gasteiger partial charge in [0.25, 0.3) is 0 Å². The molecule has 0 saturated heterocycles. The maximum atomic E-state index is 10.9. The van der Waals surface area contributed by atoms with Gasteiger partial charge in [-0.15, -0.1) is 0 Å². The van der Waals surface area contributed by atoms with E-state index in [1.54, 1.807) is 6.07 Å². The van der Waals surface area contributed by atoms with Crippen molar-refractivity contribution >= 4 is 5.97 Å². The van der Waals surface area contributed by atoms with E-state index in [0.717, 1.165) is 12.8 Å². The van der Waals surface area contributed by atoms with Gasteiger partial charge < -0.3 is 10.2 Å². The molecule has 0 atom stereocenters. The third-order valence-electron chi connectivity index (χ3n) is 2.55. The number of rotatable bonds is 5. The van der Waals surface area contributed by atoms with Gasteiger partial charge in [-0.05, 0) is 42.5 Å². The van der Waals surface area contributed by atoms with Crippen molar-refractivity contribution in [1.29, 1.82) is 0 Å². The number of aromatic carboxylic acids is 1. The molecule has 1 aromatic rings. The molecule has 0 aliphatic heterocycles. The van der Waals surface area contributed by atoms with Crippen LogP contribution in [0.2, 0.25) is 0 Å². The topological polar surface area (TPSA) is 57.5 Å². The Kier molecular flexibility index (Phi) is 4.35. The molecular formula is C13H18O3. The van der Waals surface area contributed by atoms with Crippen LogP contribution in [-0.4, -0.2) is 16.2 Å². The Morgan fingerprint density at radius 3 is 2.62 bits per heavy atom. The number of carboxylic acids is 1. The number of aromatic hydroxyl groups is 1. The highest BCUT2D eigenvalue weighted by Gasteiger charge is 2.10. The summed E-state index contributed by atoms with van der Waals surface area (Å²) in [6, 6.07) is 4.42. The fourth-order valence-corrected chi connectivity index (χ4v) is 1.70. The van der Waals surface area contributed by atoms with Crippen molar-refractivity contribution in [2.75, 3.05) is 0 Å². The second-order valence-corrected chi connectivity index (χ2v) is 4.43. The summed E-state index contributed by atoms with van der Waals surface area (Å²) in [6.07, 6.45) is 2.71. The SMILES string of the molecule is CC(C)CCCc1cc(O)ccc1C(=O)O. The summed E-state index contributed by atoms with van der Waals surface area (Å²) in [5.74, 6) is -0.185. The molecule has 0 aliphatic rings. The number of carboxylic acid groups (broad SMARTS) is 1. The maximum Gasteiger partial charge on any atom is 0.335 e. The van der Waals surface area contributed by atoms with E-state index in [2.05, 4.69) is 13.8 Å². The summed E-state index contributed by atoms with van der Waals surface area (Å²) in [4.78, 5) is 10.9. The summed E-state index contributed by atoms with van der Waals surface area (Å²) in [7, 11) is 0. The number of phenols is 1. The van der Waals surface area contributed by atoms with E-state index in [-0.39, 0.29) is 5.75 Å². The Hall–Kier alpha value is -1.51. The lowest BCUT2D eigenvalue weighted by atomic mass is 9.98. The van der Waals surface area contributed by atoms with Crippen LogP contribution in [0.25, 0.3) is 0 Å². The third kappa shape index (κ3) is 3.57. The van der Waals surface area contributed by atoms with Crippen LogP contribution in [0.4, 0.5) is 0 Å². The van der Waals surface area contributed by atoms with E-state index in [4.69, 9.17) is 5.11 Å². The Balaban J connectivity index is 2.76. The quantitative estimate of drug-likeness (QED) is 0.805. The zero-order valence-corrected chi connectivity index (χ0v) is 9.73. The average molecular weight is 222 g/mol. The predicted molar refractivity (Wildman–Crippen MR) is 62.8 cm³/mol. The van der Waals surface area contributed by atoms with Crippen LogP contribution in [0.5, 0.6) is 5.75 Å². The lowest BCUT2D eigenvalue weighted by molar-refractivity contribution is 0.0695. The summed E-state index contributed by atoms with van der Waals surface area (Å²) in [6.45, 7) is 4.28. The molecule has 1 aromatic carbocycles. The summed E-state index contributed by atoms with van der Waals surface area (Å²) < 4.78 is 0. The van der Waals surface area contributed by atoms with Crippen molar-refractivity contribution in [1.82, 2.24) is 0 Å². The van der Waals surface area contributed by atoms with Crippen molar-refractivity contribution in [3.05, 3.63) is 29.3 Å². The fraction of sp³-hybridized carbons (Fsp3) is 0.462. The first-order valence-corrected chi connectivity index (χ1v) is 5.56. The molecule has 0 heterocycles. The smallest absolute Gasteiger partial charge is 0.335 e. The van der Waals surface area contributed by atoms with Gasteiger partial charge in [-0.2, -0.15) is 0 Å². The lowest BCUT2D eigenvalue weighted by Gasteiger charge is -2.08. The Morgan fingerprint density at radius 2 is 2.06 bits per heavy atom. The molecule has 88 valence electrons. The first-order valence-electron chi connectivity index (χ1n) is 5.56. The van der Waals surface area contributed by atoms with Crippen molar-refractivity contribution in [3.8, 4) is 5.75 Å². The van der Waals surface area contributed by atoms with Crippen molar-refractivity contribution in [3.63, 3.8) is 0 Å². The Morgan fingerprint density at radius 1 is 1.38 bits per heavy atom. The van der Waals surface area contributed by atoms with Crippen LogP contribution in [0.1, 0.15) is 42.6 Å². The second-order valence-electron chi connectivity index (χ2n) is 4.43. The van der Waals surface area contributed by atoms with E-state index in [0.29, 0.717) is 23.5 Å². The summed E-state index contributed by atoms with van der Waals surface area (Å²) in [5.41, 5.74) is 1.01. The van der Waals surface area contributed by atoms with Gasteiger partial charge in [0.2, 0.25) is 0 Å². The number of phenolic OH excluding ortho intramolecular Hbond substituents is 1. The van der Waals surface area contributed by atoms with Gasteiger partial charge in [-0.1, -0.05) is 20.3 Å². The molecule has 0 spiro atoms. The van der Waals surface area contributed by atoms with Crippen molar-refractivity contribution in [2.24, 2.45) is 5.92 Å². The molecule has 3 nitrogen and oxygen atoms in total. The number of hydrogen-bond acceptors (Lipinski definition) is 2. The largest absolute Gasteiger partial charge is 0.508 e. The number of benzene rings is 1. The molecule has 0 fully saturated rings. The molecule has 1 rings (SSSR count). The minimum absolute atomic E-state index is 0.129. The number of carbonyl (C=O) groups is 1. The van der Waals surface area contributed by atoms with Crippen molar-refractivity contribution in [2.45, 2.75) is 33.1 Å². The van der Waals surface area contributed by atoms with E-state index in [9.17, 15) is 9.90 Å². The van der Waals surface area contributed by atoms with Gasteiger partial charge in [-0.25, -0.2) is 4.79 Å². The highest BCUT2D eigenvalue weighted by atomic mass is 16.4. The second kappa shape index (κ2) is 5.54. The standard InChI is InChI=1S/C13H18O3/c1-9(2)4-3-5-10-8-11(14)6-7-12(10)13(15)16/h6-9,14H,3-5H2,1-2H3,(H,15,16). The van der Waals surface area contributed by atoms with Crippen LogP contribution in [0.3, 0.4) is 0 Å². The van der Waals surface area contributed by atoms with Crippen LogP contribution in [-0.2, 0) is 6.42 Å². The van der Waals surface area contributed by atoms with E-state index >= 15 is 0 Å². The molecule has 2 N–H and O–H groups in total. The normalized spacial score (nSPS) is 10.7. The molecule has 0 aromatic heterocycles. The van der Waals surface area contributed by atoms with Gasteiger partial charge >= 0.3 is 5.97 Å². The molecule has 0 bridgehead atoms. The van der Waals surface area contributed by atoms with E-state index < -0.39 is 5.97 Å². The molecule has 3 heteroatoms. The first-order chi connectivity index (χ1) is 7.50. The average Bonchev–Trinajstić information content (AvgIpc) is 2.16. The highest BCUT2D eigenvalue weighted by Crippen LogP contribution is 2.19. The van der Waals surface area contributed by atoms with Gasteiger partial charge in [0.1, 0.15) is 5.75 Å². The summed E-state index contributed by atoms with van der Waals surface area (Å²) in [5, 5.41) is 18.3. The summed E-state index contributed by atoms with van der Waals surface area (Å²) >= 11 is 0. The monoisotopic (exact) mass is 222 g/mol. The molecule has 0 saturated carbocycles. The van der Waals surface area contributed by atoms with Crippen molar-refractivity contribution < 1.29 is 15.0 Å².